The Morgan fingerprint density at radius 2 is 0.778 bits per heavy atom. The van der Waals surface area contributed by atoms with Gasteiger partial charge in [-0.3, -0.25) is 0 Å². The van der Waals surface area contributed by atoms with E-state index in [4.69, 9.17) is 15.1 Å². The molecule has 0 aromatic carbocycles. The van der Waals surface area contributed by atoms with E-state index in [1.807, 2.05) is 0 Å². The Labute approximate surface area is 102 Å². The normalized spacial score (nSPS) is 3.00. The Kier molecular flexibility index (Phi) is 154. The molecular formula is H8BCl3ILiO3. The third kappa shape index (κ3) is 147. The van der Waals surface area contributed by atoms with Crippen molar-refractivity contribution in [3.05, 3.63) is 0 Å². The van der Waals surface area contributed by atoms with Crippen LogP contribution in [0.1, 0.15) is 0 Å². The molecule has 0 heterocycles. The fourth-order valence-electron chi connectivity index (χ4n) is 0. The van der Waals surface area contributed by atoms with Gasteiger partial charge < -0.3 is 15.1 Å². The molecule has 58 valence electrons. The topological polar surface area (TPSA) is 60.7 Å². The third-order valence-corrected chi connectivity index (χ3v) is 0. The van der Waals surface area contributed by atoms with Gasteiger partial charge in [0.25, 0.3) is 0 Å². The van der Waals surface area contributed by atoms with Crippen molar-refractivity contribution in [2.75, 3.05) is 0 Å². The molecule has 0 atom stereocenters. The predicted molar refractivity (Wildman–Crippen MR) is 56.7 cm³/mol. The molecule has 0 aliphatic heterocycles. The van der Waals surface area contributed by atoms with Gasteiger partial charge in [-0.05, 0) is 0 Å². The monoisotopic (exact) mass is 306 g/mol. The summed E-state index contributed by atoms with van der Waals surface area (Å²) in [6.07, 6.45) is 0. The second kappa shape index (κ2) is 32.1. The summed E-state index contributed by atoms with van der Waals surface area (Å²) in [4.78, 5) is 0. The Morgan fingerprint density at radius 3 is 0.778 bits per heavy atom. The van der Waals surface area contributed by atoms with Crippen molar-refractivity contribution in [3.8, 4) is 0 Å². The average molecular weight is 307 g/mol. The molecule has 9 heavy (non-hydrogen) atoms. The zero-order valence-corrected chi connectivity index (χ0v) is 8.33. The molecule has 0 aliphatic rings. The van der Waals surface area contributed by atoms with Crippen LogP contribution in [0.5, 0.6) is 0 Å². The SMILES string of the molecule is Cl.Cl.Cl.I.OB(O)O.[LiH]. The summed E-state index contributed by atoms with van der Waals surface area (Å²) < 4.78 is 0. The molecule has 0 aromatic rings. The van der Waals surface area contributed by atoms with Gasteiger partial charge in [-0.25, -0.2) is 0 Å². The summed E-state index contributed by atoms with van der Waals surface area (Å²) in [5.74, 6) is 0. The van der Waals surface area contributed by atoms with Crippen LogP contribution in [0.25, 0.3) is 0 Å². The summed E-state index contributed by atoms with van der Waals surface area (Å²) >= 11 is 0. The molecule has 0 rings (SSSR count). The maximum absolute atomic E-state index is 7.17. The fourth-order valence-corrected chi connectivity index (χ4v) is 0. The van der Waals surface area contributed by atoms with Crippen molar-refractivity contribution in [2.24, 2.45) is 0 Å². The van der Waals surface area contributed by atoms with Crippen molar-refractivity contribution >= 4 is 87.4 Å². The van der Waals surface area contributed by atoms with Crippen LogP contribution in [-0.2, 0) is 0 Å². The van der Waals surface area contributed by atoms with Gasteiger partial charge >= 0.3 is 26.2 Å². The van der Waals surface area contributed by atoms with E-state index >= 15 is 0 Å². The van der Waals surface area contributed by atoms with Crippen molar-refractivity contribution in [2.45, 2.75) is 0 Å². The molecule has 0 fully saturated rings. The summed E-state index contributed by atoms with van der Waals surface area (Å²) in [6.45, 7) is 0. The summed E-state index contributed by atoms with van der Waals surface area (Å²) in [5.41, 5.74) is 0. The Hall–Kier alpha value is 2.14. The zero-order valence-electron chi connectivity index (χ0n) is 3.55. The van der Waals surface area contributed by atoms with Crippen LogP contribution in [0.15, 0.2) is 0 Å². The van der Waals surface area contributed by atoms with Crippen LogP contribution in [-0.4, -0.2) is 41.3 Å². The predicted octanol–water partition coefficient (Wildman–Crippen LogP) is -0.817. The van der Waals surface area contributed by atoms with Crippen LogP contribution < -0.4 is 0 Å². The second-order valence-corrected chi connectivity index (χ2v) is 0.346. The Bertz CT molecular complexity index is 23.8. The molecule has 0 amide bonds. The molecule has 0 aromatic heterocycles. The Balaban J connectivity index is -0.00000000450. The minimum atomic E-state index is -2.17. The van der Waals surface area contributed by atoms with Gasteiger partial charge in [0, 0.05) is 0 Å². The van der Waals surface area contributed by atoms with Crippen LogP contribution >= 0.6 is 61.2 Å². The molecule has 0 aliphatic carbocycles. The second-order valence-electron chi connectivity index (χ2n) is 0.346. The van der Waals surface area contributed by atoms with Gasteiger partial charge in [-0.2, -0.15) is 0 Å². The van der Waals surface area contributed by atoms with E-state index in [-0.39, 0.29) is 80.1 Å². The number of hydrogen-bond donors (Lipinski definition) is 3. The first-order chi connectivity index (χ1) is 1.73. The van der Waals surface area contributed by atoms with Crippen LogP contribution in [0.3, 0.4) is 0 Å². The van der Waals surface area contributed by atoms with E-state index in [1.54, 1.807) is 0 Å². The quantitative estimate of drug-likeness (QED) is 0.405. The number of rotatable bonds is 0. The summed E-state index contributed by atoms with van der Waals surface area (Å²) in [6, 6.07) is 0. The number of hydrogen-bond acceptors (Lipinski definition) is 3. The standard InChI is InChI=1S/BH3O3.3ClH.HI.Li.H/c2-1(3)4;;;;;;/h2-4H;4*1H;;. The maximum atomic E-state index is 7.17. The van der Waals surface area contributed by atoms with Gasteiger partial charge in [-0.15, -0.1) is 61.2 Å². The molecule has 0 radical (unpaired) electrons. The summed E-state index contributed by atoms with van der Waals surface area (Å²) in [7, 11) is -2.17. The molecule has 0 saturated heterocycles. The molecule has 0 unspecified atom stereocenters. The van der Waals surface area contributed by atoms with E-state index in [0.29, 0.717) is 0 Å². The molecule has 0 saturated carbocycles. The molecule has 3 nitrogen and oxygen atoms in total. The molecular weight excluding hydrogens is 299 g/mol. The number of halogens is 4. The van der Waals surface area contributed by atoms with E-state index in [1.165, 1.54) is 0 Å². The fraction of sp³-hybridized carbons (Fsp3) is 0. The molecule has 0 bridgehead atoms. The van der Waals surface area contributed by atoms with E-state index < -0.39 is 7.32 Å². The zero-order chi connectivity index (χ0) is 3.58. The first-order valence-electron chi connectivity index (χ1n) is 0.775. The van der Waals surface area contributed by atoms with E-state index in [0.717, 1.165) is 0 Å². The van der Waals surface area contributed by atoms with E-state index in [2.05, 4.69) is 0 Å². The van der Waals surface area contributed by atoms with Gasteiger partial charge in [0.05, 0.1) is 0 Å². The molecule has 3 N–H and O–H groups in total. The van der Waals surface area contributed by atoms with Gasteiger partial charge in [-0.1, -0.05) is 0 Å². The molecule has 0 spiro atoms. The first kappa shape index (κ1) is 43.3. The van der Waals surface area contributed by atoms with Gasteiger partial charge in [0.2, 0.25) is 0 Å². The Morgan fingerprint density at radius 1 is 0.778 bits per heavy atom. The molecule has 9 heteroatoms. The first-order valence-corrected chi connectivity index (χ1v) is 0.775. The minimum absolute atomic E-state index is 0. The van der Waals surface area contributed by atoms with Crippen LogP contribution in [0.4, 0.5) is 0 Å². The van der Waals surface area contributed by atoms with Crippen LogP contribution in [0, 0.1) is 0 Å². The van der Waals surface area contributed by atoms with Gasteiger partial charge in [0.1, 0.15) is 0 Å². The van der Waals surface area contributed by atoms with Crippen molar-refractivity contribution in [1.82, 2.24) is 0 Å². The van der Waals surface area contributed by atoms with Crippen molar-refractivity contribution in [1.29, 1.82) is 0 Å². The van der Waals surface area contributed by atoms with Gasteiger partial charge in [0.15, 0.2) is 0 Å². The summed E-state index contributed by atoms with van der Waals surface area (Å²) in [5, 5.41) is 21.5. The average Bonchev–Trinajstić information content (AvgIpc) is 0.811. The van der Waals surface area contributed by atoms with Crippen molar-refractivity contribution < 1.29 is 15.1 Å². The van der Waals surface area contributed by atoms with Crippen LogP contribution in [0.2, 0.25) is 0 Å². The van der Waals surface area contributed by atoms with E-state index in [9.17, 15) is 0 Å². The van der Waals surface area contributed by atoms with Crippen molar-refractivity contribution in [3.63, 3.8) is 0 Å². The third-order valence-electron chi connectivity index (χ3n) is 0.